The molecule has 0 aromatic heterocycles. The van der Waals surface area contributed by atoms with E-state index in [1.807, 2.05) is 12.2 Å². The van der Waals surface area contributed by atoms with Crippen molar-refractivity contribution in [2.75, 3.05) is 39.6 Å². The third-order valence-corrected chi connectivity index (χ3v) is 17.4. The number of phosphoric ester groups is 2. The largest absolute Gasteiger partial charge is 0.472 e. The van der Waals surface area contributed by atoms with Gasteiger partial charge in [0.2, 0.25) is 0 Å². The Morgan fingerprint density at radius 1 is 0.294 bits per heavy atom. The van der Waals surface area contributed by atoms with Crippen LogP contribution in [0.5, 0.6) is 0 Å². The molecule has 0 spiro atoms. The molecule has 0 fully saturated rings. The minimum absolute atomic E-state index is 0.0687. The quantitative estimate of drug-likeness (QED) is 0.0169. The molecule has 0 heterocycles. The van der Waals surface area contributed by atoms with Gasteiger partial charge in [0.1, 0.15) is 19.3 Å². The average Bonchev–Trinajstić information content (AvgIpc) is 0.907. The number of unbranched alkanes of at least 4 members (excludes halogenated alkanes) is 20. The third kappa shape index (κ3) is 73.0. The third-order valence-electron chi connectivity index (χ3n) is 15.5. The van der Waals surface area contributed by atoms with Crippen LogP contribution in [-0.2, 0) is 65.4 Å². The molecule has 0 saturated carbocycles. The molecule has 17 nitrogen and oxygen atoms in total. The molecule has 0 aliphatic carbocycles. The van der Waals surface area contributed by atoms with Gasteiger partial charge < -0.3 is 33.8 Å². The standard InChI is InChI=1S/C83H136O17P2/c1-5-9-13-17-21-25-29-33-36-37-38-39-42-45-48-52-56-60-64-68-81(86)94-74-79(100-83(88)70-66-62-58-54-50-46-41-35-31-27-23-19-15-11-7-3)76-98-102(91,92)96-72-77(84)71-95-101(89,90)97-75-78(99-82(87)69-65-61-57-53-49-43-32-28-24-20-16-12-8-4)73-93-80(85)67-63-59-55-51-47-44-40-34-30-26-22-18-14-10-6-2/h9,11,13,15-16,20-23,25-28,32-36,38-41,50,54,62,66,77-79,84H,5-8,10,12,14,17-19,24,29-31,37,42-49,51-53,55-61,63-65,67-76H2,1-4H3,(H,89,90)(H,91,92)/b13-9-,15-11-,20-16-,25-21-,26-22-,27-23-,32-28-,36-33-,39-38-,40-34-,41-35-,54-50-,66-62-. The van der Waals surface area contributed by atoms with Gasteiger partial charge in [0.25, 0.3) is 0 Å². The molecule has 0 amide bonds. The first kappa shape index (κ1) is 96.7. The lowest BCUT2D eigenvalue weighted by Gasteiger charge is -2.21. The van der Waals surface area contributed by atoms with E-state index in [1.54, 1.807) is 12.2 Å². The van der Waals surface area contributed by atoms with Crippen molar-refractivity contribution in [2.24, 2.45) is 0 Å². The van der Waals surface area contributed by atoms with Crippen molar-refractivity contribution >= 4 is 39.5 Å². The summed E-state index contributed by atoms with van der Waals surface area (Å²) in [6.07, 6.45) is 85.5. The number of ether oxygens (including phenoxy) is 4. The van der Waals surface area contributed by atoms with Crippen LogP contribution in [0, 0.1) is 0 Å². The molecule has 580 valence electrons. The van der Waals surface area contributed by atoms with Crippen molar-refractivity contribution in [3.63, 3.8) is 0 Å². The molecule has 0 aromatic carbocycles. The number of aliphatic hydroxyl groups is 1. The Kier molecular flexibility index (Phi) is 70.1. The van der Waals surface area contributed by atoms with Crippen LogP contribution in [0.4, 0.5) is 0 Å². The summed E-state index contributed by atoms with van der Waals surface area (Å²) >= 11 is 0. The minimum atomic E-state index is -5.01. The fourth-order valence-electron chi connectivity index (χ4n) is 9.65. The molecule has 0 saturated heterocycles. The number of allylic oxidation sites excluding steroid dienone is 25. The number of esters is 4. The molecule has 0 aromatic rings. The number of phosphoric acid groups is 2. The molecular weight excluding hydrogens is 1330 g/mol. The Morgan fingerprint density at radius 2 is 0.569 bits per heavy atom. The van der Waals surface area contributed by atoms with Gasteiger partial charge in [-0.05, 0) is 148 Å². The van der Waals surface area contributed by atoms with Gasteiger partial charge in [-0.2, -0.15) is 0 Å². The van der Waals surface area contributed by atoms with Gasteiger partial charge in [-0.25, -0.2) is 9.13 Å². The van der Waals surface area contributed by atoms with E-state index in [0.717, 1.165) is 186 Å². The van der Waals surface area contributed by atoms with E-state index < -0.39 is 97.5 Å². The van der Waals surface area contributed by atoms with E-state index in [-0.39, 0.29) is 25.7 Å². The lowest BCUT2D eigenvalue weighted by Crippen LogP contribution is -2.30. The van der Waals surface area contributed by atoms with Gasteiger partial charge in [0, 0.05) is 19.3 Å². The van der Waals surface area contributed by atoms with Gasteiger partial charge in [0.05, 0.1) is 32.8 Å². The first-order valence-corrected chi connectivity index (χ1v) is 41.7. The van der Waals surface area contributed by atoms with Crippen LogP contribution in [-0.4, -0.2) is 96.7 Å². The second-order valence-corrected chi connectivity index (χ2v) is 28.1. The number of carbonyl (C=O) groups is 4. The molecule has 0 aliphatic rings. The van der Waals surface area contributed by atoms with E-state index in [4.69, 9.17) is 37.0 Å². The van der Waals surface area contributed by atoms with Crippen LogP contribution >= 0.6 is 15.6 Å². The van der Waals surface area contributed by atoms with E-state index in [2.05, 4.69) is 161 Å². The highest BCUT2D eigenvalue weighted by Crippen LogP contribution is 2.45. The van der Waals surface area contributed by atoms with Gasteiger partial charge in [0.15, 0.2) is 12.2 Å². The zero-order valence-electron chi connectivity index (χ0n) is 63.2. The number of hydrogen-bond acceptors (Lipinski definition) is 15. The fraction of sp³-hybridized carbons (Fsp3) is 0.639. The predicted octanol–water partition coefficient (Wildman–Crippen LogP) is 22.4. The van der Waals surface area contributed by atoms with Gasteiger partial charge in [-0.1, -0.05) is 269 Å². The van der Waals surface area contributed by atoms with Crippen LogP contribution in [0.1, 0.15) is 285 Å². The molecule has 0 bridgehead atoms. The van der Waals surface area contributed by atoms with E-state index in [1.165, 1.54) is 19.3 Å². The summed E-state index contributed by atoms with van der Waals surface area (Å²) in [5.41, 5.74) is 0. The molecule has 0 aliphatic heterocycles. The zero-order chi connectivity index (χ0) is 74.6. The Hall–Kier alpha value is -5.32. The zero-order valence-corrected chi connectivity index (χ0v) is 65.0. The Balaban J connectivity index is 5.45. The normalized spacial score (nSPS) is 14.8. The van der Waals surface area contributed by atoms with Gasteiger partial charge >= 0.3 is 39.5 Å². The van der Waals surface area contributed by atoms with Crippen molar-refractivity contribution in [2.45, 2.75) is 303 Å². The van der Waals surface area contributed by atoms with Crippen molar-refractivity contribution in [1.82, 2.24) is 0 Å². The maximum atomic E-state index is 13.1. The second kappa shape index (κ2) is 74.0. The van der Waals surface area contributed by atoms with Crippen LogP contribution in [0.25, 0.3) is 0 Å². The van der Waals surface area contributed by atoms with Crippen molar-refractivity contribution in [1.29, 1.82) is 0 Å². The van der Waals surface area contributed by atoms with Crippen molar-refractivity contribution in [3.05, 3.63) is 158 Å². The topological polar surface area (TPSA) is 237 Å². The maximum Gasteiger partial charge on any atom is 0.472 e. The van der Waals surface area contributed by atoms with E-state index in [0.29, 0.717) is 25.7 Å². The highest BCUT2D eigenvalue weighted by atomic mass is 31.2. The van der Waals surface area contributed by atoms with Crippen LogP contribution in [0.15, 0.2) is 158 Å². The molecule has 5 atom stereocenters. The molecule has 102 heavy (non-hydrogen) atoms. The molecule has 5 unspecified atom stereocenters. The summed E-state index contributed by atoms with van der Waals surface area (Å²) in [6, 6.07) is 0. The highest BCUT2D eigenvalue weighted by Gasteiger charge is 2.30. The first-order valence-electron chi connectivity index (χ1n) is 38.7. The van der Waals surface area contributed by atoms with E-state index in [9.17, 15) is 43.2 Å². The number of hydrogen-bond donors (Lipinski definition) is 3. The maximum absolute atomic E-state index is 13.1. The summed E-state index contributed by atoms with van der Waals surface area (Å²) in [6.45, 7) is 4.37. The second-order valence-electron chi connectivity index (χ2n) is 25.2. The smallest absolute Gasteiger partial charge is 0.462 e. The molecule has 19 heteroatoms. The molecule has 0 radical (unpaired) electrons. The Morgan fingerprint density at radius 3 is 0.912 bits per heavy atom. The molecule has 3 N–H and O–H groups in total. The lowest BCUT2D eigenvalue weighted by atomic mass is 10.1. The molecular formula is C83H136O17P2. The molecule has 0 rings (SSSR count). The van der Waals surface area contributed by atoms with Crippen LogP contribution in [0.2, 0.25) is 0 Å². The first-order chi connectivity index (χ1) is 49.7. The number of carbonyl (C=O) groups excluding carboxylic acids is 4. The summed E-state index contributed by atoms with van der Waals surface area (Å²) in [4.78, 5) is 72.9. The summed E-state index contributed by atoms with van der Waals surface area (Å²) in [7, 11) is -10.0. The average molecular weight is 1470 g/mol. The van der Waals surface area contributed by atoms with Crippen LogP contribution in [0.3, 0.4) is 0 Å². The highest BCUT2D eigenvalue weighted by molar-refractivity contribution is 7.47. The monoisotopic (exact) mass is 1470 g/mol. The van der Waals surface area contributed by atoms with Crippen molar-refractivity contribution < 1.29 is 80.2 Å². The minimum Gasteiger partial charge on any atom is -0.462 e. The summed E-state index contributed by atoms with van der Waals surface area (Å²) < 4.78 is 68.3. The number of aliphatic hydroxyl groups excluding tert-OH is 1. The van der Waals surface area contributed by atoms with Gasteiger partial charge in [-0.3, -0.25) is 37.3 Å². The Bertz CT molecular complexity index is 2550. The fourth-order valence-corrected chi connectivity index (χ4v) is 11.2. The summed E-state index contributed by atoms with van der Waals surface area (Å²) in [5.74, 6) is -2.38. The Labute approximate surface area is 617 Å². The van der Waals surface area contributed by atoms with Gasteiger partial charge in [-0.15, -0.1) is 0 Å². The predicted molar refractivity (Wildman–Crippen MR) is 417 cm³/mol. The lowest BCUT2D eigenvalue weighted by molar-refractivity contribution is -0.161. The SMILES string of the molecule is CC/C=C\C/C=C\C/C=C\C/C=C\C/C=C\CC(=O)OC(COC(=O)CCCCCCCC/C=C\C/C=C\C/C=C\C/C=C\CC)COP(=O)(O)OCC(O)COP(=O)(O)OCC(COC(=O)CCCCCCC/C=C\C/C=C\CCCCC)OC(=O)CCCCCCC/C=C\C/C=C\CCC. The van der Waals surface area contributed by atoms with E-state index >= 15 is 0 Å². The number of rotatable bonds is 71. The van der Waals surface area contributed by atoms with Crippen LogP contribution < -0.4 is 0 Å². The summed E-state index contributed by atoms with van der Waals surface area (Å²) in [5, 5.41) is 10.6. The van der Waals surface area contributed by atoms with Crippen molar-refractivity contribution in [3.8, 4) is 0 Å².